The van der Waals surface area contributed by atoms with Crippen molar-refractivity contribution in [1.29, 1.82) is 0 Å². The number of pyridine rings is 1. The van der Waals surface area contributed by atoms with Crippen LogP contribution in [0.4, 0.5) is 5.69 Å². The third-order valence-electron chi connectivity index (χ3n) is 4.74. The minimum absolute atomic E-state index is 0.153. The lowest BCUT2D eigenvalue weighted by atomic mass is 10.0. The van der Waals surface area contributed by atoms with E-state index in [1.165, 1.54) is 7.11 Å². The zero-order valence-electron chi connectivity index (χ0n) is 17.3. The molecule has 0 bridgehead atoms. The number of hydrogen-bond acceptors (Lipinski definition) is 5. The van der Waals surface area contributed by atoms with E-state index in [2.05, 4.69) is 10.3 Å². The van der Waals surface area contributed by atoms with Gasteiger partial charge < -0.3 is 14.8 Å². The van der Waals surface area contributed by atoms with Crippen LogP contribution in [0.15, 0.2) is 36.4 Å². The molecule has 0 saturated carbocycles. The lowest BCUT2D eigenvalue weighted by Gasteiger charge is -2.14. The third kappa shape index (κ3) is 4.61. The summed E-state index contributed by atoms with van der Waals surface area (Å²) in [4.78, 5) is 29.7. The first kappa shape index (κ1) is 21.7. The highest BCUT2D eigenvalue weighted by atomic mass is 35.5. The molecule has 156 valence electrons. The van der Waals surface area contributed by atoms with Crippen molar-refractivity contribution < 1.29 is 19.1 Å². The fourth-order valence-electron chi connectivity index (χ4n) is 3.41. The summed E-state index contributed by atoms with van der Waals surface area (Å²) >= 11 is 6.22. The van der Waals surface area contributed by atoms with E-state index in [0.29, 0.717) is 22.0 Å². The molecule has 6 nitrogen and oxygen atoms in total. The number of nitrogens with zero attached hydrogens (tertiary/aromatic N) is 1. The van der Waals surface area contributed by atoms with E-state index in [0.717, 1.165) is 27.6 Å². The smallest absolute Gasteiger partial charge is 0.340 e. The number of halogens is 1. The molecule has 1 aromatic heterocycles. The molecule has 2 aromatic carbocycles. The first-order valence-electron chi connectivity index (χ1n) is 9.42. The summed E-state index contributed by atoms with van der Waals surface area (Å²) in [5, 5.41) is 3.99. The Morgan fingerprint density at radius 2 is 1.87 bits per heavy atom. The summed E-state index contributed by atoms with van der Waals surface area (Å²) in [5.74, 6) is -1.10. The van der Waals surface area contributed by atoms with Gasteiger partial charge in [0.15, 0.2) is 6.61 Å². The highest BCUT2D eigenvalue weighted by molar-refractivity contribution is 6.34. The highest BCUT2D eigenvalue weighted by Crippen LogP contribution is 2.27. The van der Waals surface area contributed by atoms with E-state index in [1.54, 1.807) is 6.07 Å². The van der Waals surface area contributed by atoms with Crippen LogP contribution < -0.4 is 5.32 Å². The van der Waals surface area contributed by atoms with Gasteiger partial charge in [0.25, 0.3) is 5.91 Å². The molecule has 0 aliphatic carbocycles. The topological polar surface area (TPSA) is 77.5 Å². The monoisotopic (exact) mass is 426 g/mol. The van der Waals surface area contributed by atoms with Crippen LogP contribution in [0, 0.1) is 20.8 Å². The molecule has 0 aliphatic heterocycles. The van der Waals surface area contributed by atoms with Crippen molar-refractivity contribution in [3.05, 3.63) is 69.4 Å². The zero-order chi connectivity index (χ0) is 21.8. The first-order chi connectivity index (χ1) is 14.3. The molecule has 0 atom stereocenters. The Hall–Kier alpha value is -2.96. The number of carbonyl (C=O) groups is 2. The van der Waals surface area contributed by atoms with Crippen LogP contribution in [0.3, 0.4) is 0 Å². The fraction of sp³-hybridized carbons (Fsp3) is 0.261. The number of esters is 1. The molecule has 3 aromatic rings. The van der Waals surface area contributed by atoms with E-state index in [4.69, 9.17) is 21.1 Å². The molecule has 0 spiro atoms. The lowest BCUT2D eigenvalue weighted by molar-refractivity contribution is -0.119. The van der Waals surface area contributed by atoms with E-state index < -0.39 is 18.5 Å². The van der Waals surface area contributed by atoms with Gasteiger partial charge in [-0.15, -0.1) is 0 Å². The molecule has 1 heterocycles. The zero-order valence-corrected chi connectivity index (χ0v) is 18.1. The maximum absolute atomic E-state index is 12.8. The Balaban J connectivity index is 1.79. The summed E-state index contributed by atoms with van der Waals surface area (Å²) in [5.41, 5.74) is 4.61. The second-order valence-corrected chi connectivity index (χ2v) is 7.48. The van der Waals surface area contributed by atoms with Crippen LogP contribution in [0.2, 0.25) is 5.02 Å². The van der Waals surface area contributed by atoms with Gasteiger partial charge in [-0.25, -0.2) is 9.78 Å². The standard InChI is InChI=1S/C23H23ClN2O4/c1-13-9-14(2)22(17(24)10-13)26-20(27)12-30-23(28)21-15(3)16-7-5-6-8-18(16)25-19(21)11-29-4/h5-10H,11-12H2,1-4H3,(H,26,27). The van der Waals surface area contributed by atoms with Gasteiger partial charge in [-0.2, -0.15) is 0 Å². The van der Waals surface area contributed by atoms with Crippen LogP contribution in [0.1, 0.15) is 32.7 Å². The summed E-state index contributed by atoms with van der Waals surface area (Å²) in [7, 11) is 1.53. The Morgan fingerprint density at radius 1 is 1.13 bits per heavy atom. The molecule has 0 fully saturated rings. The molecule has 7 heteroatoms. The van der Waals surface area contributed by atoms with Gasteiger partial charge in [0, 0.05) is 12.5 Å². The number of benzene rings is 2. The van der Waals surface area contributed by atoms with Crippen molar-refractivity contribution in [3.8, 4) is 0 Å². The predicted octanol–water partition coefficient (Wildman–Crippen LogP) is 4.76. The number of hydrogen-bond donors (Lipinski definition) is 1. The predicted molar refractivity (Wildman–Crippen MR) is 117 cm³/mol. The maximum atomic E-state index is 12.8. The van der Waals surface area contributed by atoms with E-state index in [9.17, 15) is 9.59 Å². The number of anilines is 1. The van der Waals surface area contributed by atoms with Gasteiger partial charge in [-0.3, -0.25) is 4.79 Å². The number of aromatic nitrogens is 1. The van der Waals surface area contributed by atoms with Crippen molar-refractivity contribution in [3.63, 3.8) is 0 Å². The molecule has 0 saturated heterocycles. The second kappa shape index (κ2) is 9.24. The SMILES string of the molecule is COCc1nc2ccccc2c(C)c1C(=O)OCC(=O)Nc1c(C)cc(C)cc1Cl. The summed E-state index contributed by atoms with van der Waals surface area (Å²) in [6.45, 7) is 5.31. The third-order valence-corrected chi connectivity index (χ3v) is 5.04. The Bertz CT molecular complexity index is 1100. The van der Waals surface area contributed by atoms with Gasteiger partial charge in [0.2, 0.25) is 0 Å². The van der Waals surface area contributed by atoms with Gasteiger partial charge >= 0.3 is 5.97 Å². The molecule has 0 unspecified atom stereocenters. The fourth-order valence-corrected chi connectivity index (χ4v) is 3.77. The molecular formula is C23H23ClN2O4. The van der Waals surface area contributed by atoms with E-state index >= 15 is 0 Å². The normalized spacial score (nSPS) is 10.8. The molecule has 1 amide bonds. The number of rotatable bonds is 6. The van der Waals surface area contributed by atoms with Gasteiger partial charge in [0.1, 0.15) is 0 Å². The number of para-hydroxylation sites is 1. The molecule has 1 N–H and O–H groups in total. The minimum Gasteiger partial charge on any atom is -0.452 e. The summed E-state index contributed by atoms with van der Waals surface area (Å²) < 4.78 is 10.5. The minimum atomic E-state index is -0.625. The van der Waals surface area contributed by atoms with Crippen LogP contribution >= 0.6 is 11.6 Å². The van der Waals surface area contributed by atoms with Gasteiger partial charge in [0.05, 0.1) is 34.1 Å². The molecule has 0 aliphatic rings. The van der Waals surface area contributed by atoms with Crippen LogP contribution in [0.5, 0.6) is 0 Å². The van der Waals surface area contributed by atoms with Crippen molar-refractivity contribution in [2.75, 3.05) is 19.0 Å². The summed E-state index contributed by atoms with van der Waals surface area (Å²) in [6.07, 6.45) is 0. The van der Waals surface area contributed by atoms with Crippen LogP contribution in [0.25, 0.3) is 10.9 Å². The number of methoxy groups -OCH3 is 1. The Kier molecular flexibility index (Phi) is 6.70. The Morgan fingerprint density at radius 3 is 2.57 bits per heavy atom. The van der Waals surface area contributed by atoms with Crippen molar-refractivity contribution in [2.24, 2.45) is 0 Å². The van der Waals surface area contributed by atoms with Crippen LogP contribution in [-0.2, 0) is 20.9 Å². The first-order valence-corrected chi connectivity index (χ1v) is 9.80. The number of amides is 1. The van der Waals surface area contributed by atoms with Crippen molar-refractivity contribution >= 4 is 40.1 Å². The number of aryl methyl sites for hydroxylation is 3. The van der Waals surface area contributed by atoms with Gasteiger partial charge in [-0.1, -0.05) is 35.9 Å². The largest absolute Gasteiger partial charge is 0.452 e. The second-order valence-electron chi connectivity index (χ2n) is 7.07. The van der Waals surface area contributed by atoms with Crippen LogP contribution in [-0.4, -0.2) is 30.6 Å². The number of fused-ring (bicyclic) bond motifs is 1. The van der Waals surface area contributed by atoms with Crippen molar-refractivity contribution in [1.82, 2.24) is 4.98 Å². The molecule has 3 rings (SSSR count). The number of nitrogens with one attached hydrogen (secondary N) is 1. The Labute approximate surface area is 180 Å². The number of ether oxygens (including phenoxy) is 2. The van der Waals surface area contributed by atoms with E-state index in [-0.39, 0.29) is 6.61 Å². The van der Waals surface area contributed by atoms with Crippen molar-refractivity contribution in [2.45, 2.75) is 27.4 Å². The average molecular weight is 427 g/mol. The van der Waals surface area contributed by atoms with E-state index in [1.807, 2.05) is 51.1 Å². The quantitative estimate of drug-likeness (QED) is 0.575. The molecule has 30 heavy (non-hydrogen) atoms. The van der Waals surface area contributed by atoms with Gasteiger partial charge in [-0.05, 0) is 49.6 Å². The molecular weight excluding hydrogens is 404 g/mol. The number of carbonyl (C=O) groups excluding carboxylic acids is 2. The molecule has 0 radical (unpaired) electrons. The average Bonchev–Trinajstić information content (AvgIpc) is 2.69. The maximum Gasteiger partial charge on any atom is 0.340 e. The highest BCUT2D eigenvalue weighted by Gasteiger charge is 2.21. The summed E-state index contributed by atoms with van der Waals surface area (Å²) in [6, 6.07) is 11.2. The lowest BCUT2D eigenvalue weighted by Crippen LogP contribution is -2.23.